The molecule has 0 spiro atoms. The Labute approximate surface area is 193 Å². The van der Waals surface area contributed by atoms with Crippen molar-refractivity contribution in [2.45, 2.75) is 51.3 Å². The highest BCUT2D eigenvalue weighted by Crippen LogP contribution is 2.35. The van der Waals surface area contributed by atoms with Crippen LogP contribution in [-0.4, -0.2) is 27.4 Å². The van der Waals surface area contributed by atoms with E-state index < -0.39 is 0 Å². The molecule has 1 aliphatic carbocycles. The van der Waals surface area contributed by atoms with Gasteiger partial charge in [-0.15, -0.1) is 0 Å². The smallest absolute Gasteiger partial charge is 0.316 e. The second kappa shape index (κ2) is 9.90. The third kappa shape index (κ3) is 4.90. The number of para-hydroxylation sites is 2. The van der Waals surface area contributed by atoms with E-state index in [4.69, 9.17) is 9.72 Å². The number of hydrogen-bond donors (Lipinski definition) is 0. The van der Waals surface area contributed by atoms with Gasteiger partial charge in [0.05, 0.1) is 22.3 Å². The second-order valence-corrected chi connectivity index (χ2v) is 9.97. The summed E-state index contributed by atoms with van der Waals surface area (Å²) in [5.74, 6) is 1.33. The van der Waals surface area contributed by atoms with Crippen molar-refractivity contribution < 1.29 is 9.53 Å². The standard InChI is InChI=1S/C26H30N2O3S/c1-17(2)20-14-13-18(3)15-23(20)31-24(29)16-32-26-27-22-12-8-7-11-21(22)25(30)28(26)19-9-5-4-6-10-19/h4-12,17-18,20,23H,13-16H2,1-3H3/t18-,20-,23+/m0/s1. The first-order valence-electron chi connectivity index (χ1n) is 11.3. The van der Waals surface area contributed by atoms with Crippen molar-refractivity contribution in [1.29, 1.82) is 0 Å². The van der Waals surface area contributed by atoms with Crippen LogP contribution in [0.15, 0.2) is 64.5 Å². The van der Waals surface area contributed by atoms with E-state index in [-0.39, 0.29) is 23.4 Å². The molecule has 3 atom stereocenters. The van der Waals surface area contributed by atoms with Crippen LogP contribution in [0.1, 0.15) is 40.0 Å². The summed E-state index contributed by atoms with van der Waals surface area (Å²) < 4.78 is 7.53. The highest BCUT2D eigenvalue weighted by Gasteiger charge is 2.33. The van der Waals surface area contributed by atoms with Crippen molar-refractivity contribution in [2.24, 2.45) is 17.8 Å². The summed E-state index contributed by atoms with van der Waals surface area (Å²) >= 11 is 1.26. The van der Waals surface area contributed by atoms with Crippen LogP contribution >= 0.6 is 11.8 Å². The summed E-state index contributed by atoms with van der Waals surface area (Å²) in [6.07, 6.45) is 3.18. The number of thioether (sulfide) groups is 1. The molecule has 168 valence electrons. The van der Waals surface area contributed by atoms with Gasteiger partial charge in [-0.2, -0.15) is 0 Å². The molecule has 0 N–H and O–H groups in total. The highest BCUT2D eigenvalue weighted by molar-refractivity contribution is 7.99. The molecule has 1 aliphatic rings. The number of aromatic nitrogens is 2. The lowest BCUT2D eigenvalue weighted by Gasteiger charge is -2.36. The van der Waals surface area contributed by atoms with Crippen molar-refractivity contribution in [2.75, 3.05) is 5.75 Å². The summed E-state index contributed by atoms with van der Waals surface area (Å²) in [5, 5.41) is 1.05. The maximum atomic E-state index is 13.3. The normalized spacial score (nSPS) is 21.1. The van der Waals surface area contributed by atoms with Crippen molar-refractivity contribution in [3.05, 3.63) is 65.0 Å². The molecule has 0 bridgehead atoms. The molecule has 6 heteroatoms. The van der Waals surface area contributed by atoms with Gasteiger partial charge in [0.2, 0.25) is 0 Å². The van der Waals surface area contributed by atoms with Gasteiger partial charge in [-0.3, -0.25) is 14.2 Å². The summed E-state index contributed by atoms with van der Waals surface area (Å²) in [5.41, 5.74) is 1.22. The van der Waals surface area contributed by atoms with E-state index in [9.17, 15) is 9.59 Å². The van der Waals surface area contributed by atoms with Gasteiger partial charge in [0.1, 0.15) is 6.10 Å². The van der Waals surface area contributed by atoms with Crippen molar-refractivity contribution >= 4 is 28.6 Å². The molecule has 0 aliphatic heterocycles. The third-order valence-corrected chi connectivity index (χ3v) is 7.23. The minimum Gasteiger partial charge on any atom is -0.461 e. The van der Waals surface area contributed by atoms with E-state index in [2.05, 4.69) is 20.8 Å². The number of nitrogens with zero attached hydrogens (tertiary/aromatic N) is 2. The Hall–Kier alpha value is -2.60. The molecule has 1 fully saturated rings. The van der Waals surface area contributed by atoms with E-state index in [1.54, 1.807) is 10.6 Å². The van der Waals surface area contributed by atoms with E-state index in [1.165, 1.54) is 18.2 Å². The molecule has 3 aromatic rings. The quantitative estimate of drug-likeness (QED) is 0.283. The lowest BCUT2D eigenvalue weighted by atomic mass is 9.75. The summed E-state index contributed by atoms with van der Waals surface area (Å²) in [6, 6.07) is 16.7. The molecule has 1 saturated carbocycles. The average Bonchev–Trinajstić information content (AvgIpc) is 2.78. The van der Waals surface area contributed by atoms with Gasteiger partial charge < -0.3 is 4.74 Å². The summed E-state index contributed by atoms with van der Waals surface area (Å²) in [4.78, 5) is 30.8. The molecule has 1 heterocycles. The molecule has 4 rings (SSSR count). The van der Waals surface area contributed by atoms with Crippen LogP contribution in [0.25, 0.3) is 16.6 Å². The Bertz CT molecular complexity index is 1140. The Morgan fingerprint density at radius 3 is 2.59 bits per heavy atom. The minimum absolute atomic E-state index is 0.0345. The fourth-order valence-corrected chi connectivity index (χ4v) is 5.39. The van der Waals surface area contributed by atoms with Gasteiger partial charge in [0.15, 0.2) is 5.16 Å². The molecular weight excluding hydrogens is 420 g/mol. The lowest BCUT2D eigenvalue weighted by molar-refractivity contribution is -0.152. The van der Waals surface area contributed by atoms with Crippen molar-refractivity contribution in [3.8, 4) is 5.69 Å². The number of rotatable bonds is 6. The Kier molecular flexibility index (Phi) is 6.99. The van der Waals surface area contributed by atoms with E-state index in [0.29, 0.717) is 33.8 Å². The largest absolute Gasteiger partial charge is 0.461 e. The zero-order chi connectivity index (χ0) is 22.7. The predicted molar refractivity (Wildman–Crippen MR) is 129 cm³/mol. The molecule has 32 heavy (non-hydrogen) atoms. The maximum Gasteiger partial charge on any atom is 0.316 e. The van der Waals surface area contributed by atoms with Gasteiger partial charge in [0, 0.05) is 0 Å². The lowest BCUT2D eigenvalue weighted by Crippen LogP contribution is -2.36. The topological polar surface area (TPSA) is 61.2 Å². The Balaban J connectivity index is 1.57. The molecule has 2 aromatic carbocycles. The van der Waals surface area contributed by atoms with Crippen molar-refractivity contribution in [1.82, 2.24) is 9.55 Å². The second-order valence-electron chi connectivity index (χ2n) is 9.03. The zero-order valence-electron chi connectivity index (χ0n) is 18.9. The van der Waals surface area contributed by atoms with Crippen LogP contribution in [0, 0.1) is 17.8 Å². The first-order chi connectivity index (χ1) is 15.4. The molecule has 5 nitrogen and oxygen atoms in total. The first-order valence-corrected chi connectivity index (χ1v) is 12.3. The fourth-order valence-electron chi connectivity index (χ4n) is 4.59. The molecule has 0 radical (unpaired) electrons. The molecular formula is C26H30N2O3S. The van der Waals surface area contributed by atoms with E-state index >= 15 is 0 Å². The number of hydrogen-bond acceptors (Lipinski definition) is 5. The average molecular weight is 451 g/mol. The highest BCUT2D eigenvalue weighted by atomic mass is 32.2. The van der Waals surface area contributed by atoms with Crippen LogP contribution in [0.5, 0.6) is 0 Å². The Morgan fingerprint density at radius 1 is 1.12 bits per heavy atom. The number of carbonyl (C=O) groups is 1. The van der Waals surface area contributed by atoms with Crippen LogP contribution in [0.4, 0.5) is 0 Å². The SMILES string of the molecule is CC(C)[C@@H]1CC[C@H](C)C[C@H]1OC(=O)CSc1nc2ccccc2c(=O)n1-c1ccccc1. The molecule has 1 aromatic heterocycles. The predicted octanol–water partition coefficient (Wildman–Crippen LogP) is 5.48. The van der Waals surface area contributed by atoms with Crippen LogP contribution in [0.2, 0.25) is 0 Å². The van der Waals surface area contributed by atoms with E-state index in [1.807, 2.05) is 48.5 Å². The number of esters is 1. The van der Waals surface area contributed by atoms with Gasteiger partial charge in [-0.25, -0.2) is 4.98 Å². The molecule has 0 saturated heterocycles. The minimum atomic E-state index is -0.248. The van der Waals surface area contributed by atoms with Crippen LogP contribution in [-0.2, 0) is 9.53 Å². The van der Waals surface area contributed by atoms with Crippen molar-refractivity contribution in [3.63, 3.8) is 0 Å². The third-order valence-electron chi connectivity index (χ3n) is 6.32. The van der Waals surface area contributed by atoms with Crippen LogP contribution < -0.4 is 5.56 Å². The van der Waals surface area contributed by atoms with E-state index in [0.717, 1.165) is 18.5 Å². The monoisotopic (exact) mass is 450 g/mol. The number of carbonyl (C=O) groups excluding carboxylic acids is 1. The molecule has 0 amide bonds. The summed E-state index contributed by atoms with van der Waals surface area (Å²) in [6.45, 7) is 6.63. The molecule has 0 unspecified atom stereocenters. The Morgan fingerprint density at radius 2 is 1.84 bits per heavy atom. The van der Waals surface area contributed by atoms with Gasteiger partial charge in [-0.05, 0) is 54.9 Å². The number of fused-ring (bicyclic) bond motifs is 1. The van der Waals surface area contributed by atoms with Gasteiger partial charge >= 0.3 is 5.97 Å². The zero-order valence-corrected chi connectivity index (χ0v) is 19.7. The number of benzene rings is 2. The fraction of sp³-hybridized carbons (Fsp3) is 0.423. The first kappa shape index (κ1) is 22.6. The van der Waals surface area contributed by atoms with Gasteiger partial charge in [0.25, 0.3) is 5.56 Å². The number of ether oxygens (including phenoxy) is 1. The van der Waals surface area contributed by atoms with Crippen LogP contribution in [0.3, 0.4) is 0 Å². The maximum absolute atomic E-state index is 13.3. The van der Waals surface area contributed by atoms with Gasteiger partial charge in [-0.1, -0.05) is 69.3 Å². The summed E-state index contributed by atoms with van der Waals surface area (Å²) in [7, 11) is 0.